The number of anilines is 1. The van der Waals surface area contributed by atoms with Crippen LogP contribution in [0.1, 0.15) is 0 Å². The Labute approximate surface area is 91.5 Å². The highest BCUT2D eigenvalue weighted by atomic mass is 35.5. The first-order valence-electron chi connectivity index (χ1n) is 4.10. The zero-order chi connectivity index (χ0) is 11.3. The van der Waals surface area contributed by atoms with Gasteiger partial charge in [0.15, 0.2) is 5.82 Å². The number of carbonyl (C=O) groups is 1. The van der Waals surface area contributed by atoms with Crippen molar-refractivity contribution in [3.8, 4) is 0 Å². The highest BCUT2D eigenvalue weighted by Gasteiger charge is 2.03. The molecule has 0 unspecified atom stereocenters. The number of rotatable bonds is 3. The predicted molar refractivity (Wildman–Crippen MR) is 56.2 cm³/mol. The number of halogens is 2. The van der Waals surface area contributed by atoms with Gasteiger partial charge in [-0.3, -0.25) is 0 Å². The molecule has 0 bridgehead atoms. The monoisotopic (exact) mass is 229 g/mol. The van der Waals surface area contributed by atoms with E-state index in [2.05, 4.69) is 10.1 Å². The molecule has 0 aliphatic heterocycles. The molecule has 0 heterocycles. The van der Waals surface area contributed by atoms with E-state index in [0.717, 1.165) is 6.08 Å². The topological polar surface area (TPSA) is 38.3 Å². The molecular formula is C10H9ClFNO2. The molecule has 15 heavy (non-hydrogen) atoms. The van der Waals surface area contributed by atoms with Crippen molar-refractivity contribution in [1.29, 1.82) is 0 Å². The lowest BCUT2D eigenvalue weighted by Crippen LogP contribution is -1.97. The van der Waals surface area contributed by atoms with Crippen molar-refractivity contribution in [3.05, 3.63) is 41.3 Å². The highest BCUT2D eigenvalue weighted by Crippen LogP contribution is 2.21. The minimum Gasteiger partial charge on any atom is -0.466 e. The van der Waals surface area contributed by atoms with E-state index in [4.69, 9.17) is 11.6 Å². The van der Waals surface area contributed by atoms with E-state index in [1.807, 2.05) is 0 Å². The summed E-state index contributed by atoms with van der Waals surface area (Å²) in [5.74, 6) is -1.08. The third kappa shape index (κ3) is 3.25. The maximum absolute atomic E-state index is 13.3. The third-order valence-electron chi connectivity index (χ3n) is 1.61. The molecule has 1 aromatic rings. The number of methoxy groups -OCH3 is 1. The van der Waals surface area contributed by atoms with Crippen molar-refractivity contribution in [1.82, 2.24) is 0 Å². The summed E-state index contributed by atoms with van der Waals surface area (Å²) in [7, 11) is 1.26. The molecule has 0 radical (unpaired) electrons. The van der Waals surface area contributed by atoms with Crippen LogP contribution in [0.4, 0.5) is 10.1 Å². The number of ether oxygens (including phenoxy) is 1. The van der Waals surface area contributed by atoms with Gasteiger partial charge in [0.05, 0.1) is 17.8 Å². The summed E-state index contributed by atoms with van der Waals surface area (Å²) in [6.45, 7) is 0. The second kappa shape index (κ2) is 5.36. The van der Waals surface area contributed by atoms with Crippen LogP contribution in [-0.4, -0.2) is 13.1 Å². The average Bonchev–Trinajstić information content (AvgIpc) is 2.24. The van der Waals surface area contributed by atoms with Crippen molar-refractivity contribution < 1.29 is 13.9 Å². The van der Waals surface area contributed by atoms with Gasteiger partial charge in [0.1, 0.15) is 0 Å². The van der Waals surface area contributed by atoms with Crippen LogP contribution in [0.15, 0.2) is 30.5 Å². The van der Waals surface area contributed by atoms with Gasteiger partial charge < -0.3 is 10.1 Å². The fraction of sp³-hybridized carbons (Fsp3) is 0.100. The standard InChI is InChI=1S/C10H9ClFNO2/c1-15-9(14)5-6-13-8-4-2-3-7(11)10(8)12/h2-6,13H,1H3/b6-5+. The molecule has 0 saturated heterocycles. The molecule has 1 N–H and O–H groups in total. The van der Waals surface area contributed by atoms with Crippen LogP contribution in [-0.2, 0) is 9.53 Å². The van der Waals surface area contributed by atoms with Crippen LogP contribution in [0.5, 0.6) is 0 Å². The van der Waals surface area contributed by atoms with Crippen LogP contribution < -0.4 is 5.32 Å². The summed E-state index contributed by atoms with van der Waals surface area (Å²) in [6, 6.07) is 4.54. The van der Waals surface area contributed by atoms with Gasteiger partial charge in [0.25, 0.3) is 0 Å². The molecule has 0 saturated carbocycles. The Morgan fingerprint density at radius 2 is 2.33 bits per heavy atom. The van der Waals surface area contributed by atoms with Crippen molar-refractivity contribution in [2.24, 2.45) is 0 Å². The summed E-state index contributed by atoms with van der Waals surface area (Å²) in [4.78, 5) is 10.7. The Kier molecular flexibility index (Phi) is 4.12. The smallest absolute Gasteiger partial charge is 0.331 e. The molecule has 0 amide bonds. The van der Waals surface area contributed by atoms with Gasteiger partial charge in [-0.2, -0.15) is 0 Å². The zero-order valence-corrected chi connectivity index (χ0v) is 8.72. The number of hydrogen-bond donors (Lipinski definition) is 1. The second-order valence-electron chi connectivity index (χ2n) is 2.60. The maximum atomic E-state index is 13.3. The van der Waals surface area contributed by atoms with E-state index < -0.39 is 11.8 Å². The summed E-state index contributed by atoms with van der Waals surface area (Å²) < 4.78 is 17.6. The Balaban J connectivity index is 2.70. The fourth-order valence-corrected chi connectivity index (χ4v) is 1.06. The van der Waals surface area contributed by atoms with Crippen molar-refractivity contribution in [3.63, 3.8) is 0 Å². The molecule has 5 heteroatoms. The van der Waals surface area contributed by atoms with Gasteiger partial charge >= 0.3 is 5.97 Å². The Morgan fingerprint density at radius 3 is 3.00 bits per heavy atom. The van der Waals surface area contributed by atoms with Crippen LogP contribution >= 0.6 is 11.6 Å². The minimum absolute atomic E-state index is 0.0199. The van der Waals surface area contributed by atoms with Crippen LogP contribution in [0, 0.1) is 5.82 Å². The summed E-state index contributed by atoms with van der Waals surface area (Å²) in [5, 5.41) is 2.60. The van der Waals surface area contributed by atoms with Crippen molar-refractivity contribution >= 4 is 23.3 Å². The first kappa shape index (κ1) is 11.5. The zero-order valence-electron chi connectivity index (χ0n) is 7.96. The molecular weight excluding hydrogens is 221 g/mol. The molecule has 0 fully saturated rings. The van der Waals surface area contributed by atoms with Gasteiger partial charge in [-0.25, -0.2) is 9.18 Å². The second-order valence-corrected chi connectivity index (χ2v) is 3.01. The first-order chi connectivity index (χ1) is 7.15. The lowest BCUT2D eigenvalue weighted by Gasteiger charge is -2.02. The SMILES string of the molecule is COC(=O)/C=C/Nc1cccc(Cl)c1F. The average molecular weight is 230 g/mol. The van der Waals surface area contributed by atoms with E-state index in [1.165, 1.54) is 25.4 Å². The highest BCUT2D eigenvalue weighted by molar-refractivity contribution is 6.31. The number of carbonyl (C=O) groups excluding carboxylic acids is 1. The summed E-state index contributed by atoms with van der Waals surface area (Å²) in [6.07, 6.45) is 2.42. The fourth-order valence-electron chi connectivity index (χ4n) is 0.883. The van der Waals surface area contributed by atoms with E-state index in [1.54, 1.807) is 6.07 Å². The molecule has 0 spiro atoms. The van der Waals surface area contributed by atoms with Crippen molar-refractivity contribution in [2.75, 3.05) is 12.4 Å². The minimum atomic E-state index is -0.561. The Morgan fingerprint density at radius 1 is 1.60 bits per heavy atom. The predicted octanol–water partition coefficient (Wildman–Crippen LogP) is 2.58. The van der Waals surface area contributed by atoms with Crippen molar-refractivity contribution in [2.45, 2.75) is 0 Å². The summed E-state index contributed by atoms with van der Waals surface area (Å²) >= 11 is 5.55. The lowest BCUT2D eigenvalue weighted by atomic mass is 10.3. The van der Waals surface area contributed by atoms with Gasteiger partial charge in [-0.1, -0.05) is 17.7 Å². The number of hydrogen-bond acceptors (Lipinski definition) is 3. The van der Waals surface area contributed by atoms with Crippen LogP contribution in [0.3, 0.4) is 0 Å². The molecule has 0 aliphatic rings. The van der Waals surface area contributed by atoms with E-state index >= 15 is 0 Å². The molecule has 1 aromatic carbocycles. The molecule has 0 atom stereocenters. The third-order valence-corrected chi connectivity index (χ3v) is 1.90. The lowest BCUT2D eigenvalue weighted by molar-refractivity contribution is -0.134. The summed E-state index contributed by atoms with van der Waals surface area (Å²) in [5.41, 5.74) is 0.197. The number of nitrogens with one attached hydrogen (secondary N) is 1. The normalized spacial score (nSPS) is 10.3. The molecule has 3 nitrogen and oxygen atoms in total. The van der Waals surface area contributed by atoms with Gasteiger partial charge in [0, 0.05) is 12.3 Å². The Bertz CT molecular complexity index is 393. The van der Waals surface area contributed by atoms with Gasteiger partial charge in [-0.15, -0.1) is 0 Å². The number of esters is 1. The molecule has 0 aliphatic carbocycles. The maximum Gasteiger partial charge on any atom is 0.331 e. The first-order valence-corrected chi connectivity index (χ1v) is 4.48. The Hall–Kier alpha value is -1.55. The van der Waals surface area contributed by atoms with E-state index in [0.29, 0.717) is 0 Å². The number of benzene rings is 1. The molecule has 80 valence electrons. The molecule has 1 rings (SSSR count). The van der Waals surface area contributed by atoms with E-state index in [9.17, 15) is 9.18 Å². The van der Waals surface area contributed by atoms with Gasteiger partial charge in [0.2, 0.25) is 0 Å². The largest absolute Gasteiger partial charge is 0.466 e. The van der Waals surface area contributed by atoms with Crippen LogP contribution in [0.25, 0.3) is 0 Å². The molecule has 0 aromatic heterocycles. The van der Waals surface area contributed by atoms with Crippen LogP contribution in [0.2, 0.25) is 5.02 Å². The van der Waals surface area contributed by atoms with Gasteiger partial charge in [-0.05, 0) is 12.1 Å². The quantitative estimate of drug-likeness (QED) is 0.640. The van der Waals surface area contributed by atoms with E-state index in [-0.39, 0.29) is 10.7 Å².